The van der Waals surface area contributed by atoms with Crippen LogP contribution >= 0.6 is 0 Å². The largest absolute Gasteiger partial charge is 0.370 e. The lowest BCUT2D eigenvalue weighted by Gasteiger charge is -2.30. The standard InChI is InChI=1S/C33H37N5O3/c1-4-8-31-30(19-23-11-13-24(14-12-23)29-10-7-6-9-25(29)20-34)32(40)37(33-35-22(3)36-38(31)33)26-15-17-28(18-16-26)41-21-27(39)5-2/h6-7,9-14,26,28H,4-5,8,15-19,21H2,1-3H3. The van der Waals surface area contributed by atoms with E-state index in [4.69, 9.17) is 14.8 Å². The molecule has 0 atom stereocenters. The zero-order valence-electron chi connectivity index (χ0n) is 24.1. The number of aromatic nitrogens is 4. The lowest BCUT2D eigenvalue weighted by atomic mass is 9.92. The fourth-order valence-electron chi connectivity index (χ4n) is 5.85. The van der Waals surface area contributed by atoms with E-state index in [1.54, 1.807) is 0 Å². The third-order valence-electron chi connectivity index (χ3n) is 8.06. The van der Waals surface area contributed by atoms with Crippen LogP contribution in [0, 0.1) is 18.3 Å². The monoisotopic (exact) mass is 551 g/mol. The second-order valence-corrected chi connectivity index (χ2v) is 10.9. The average molecular weight is 552 g/mol. The van der Waals surface area contributed by atoms with E-state index in [1.165, 1.54) is 0 Å². The third kappa shape index (κ3) is 6.01. The second-order valence-electron chi connectivity index (χ2n) is 10.9. The van der Waals surface area contributed by atoms with Gasteiger partial charge in [0.05, 0.1) is 23.4 Å². The Morgan fingerprint density at radius 2 is 1.80 bits per heavy atom. The molecule has 0 aliphatic heterocycles. The fraction of sp³-hybridized carbons (Fsp3) is 0.424. The van der Waals surface area contributed by atoms with Crippen LogP contribution in [-0.2, 0) is 22.4 Å². The SMILES string of the molecule is CCCc1c(Cc2ccc(-c3ccccc3C#N)cc2)c(=O)n(C2CCC(OCC(=O)CC)CC2)c2nc(C)nn12. The van der Waals surface area contributed by atoms with E-state index in [2.05, 4.69) is 13.0 Å². The molecule has 4 aromatic rings. The van der Waals surface area contributed by atoms with Crippen molar-refractivity contribution in [3.8, 4) is 17.2 Å². The van der Waals surface area contributed by atoms with Gasteiger partial charge in [0.1, 0.15) is 12.4 Å². The first kappa shape index (κ1) is 28.4. The molecular weight excluding hydrogens is 514 g/mol. The molecule has 0 saturated heterocycles. The molecule has 1 aliphatic rings. The minimum absolute atomic E-state index is 0.00205. The predicted octanol–water partition coefficient (Wildman–Crippen LogP) is 5.76. The van der Waals surface area contributed by atoms with Crippen LogP contribution in [0.25, 0.3) is 16.9 Å². The zero-order chi connectivity index (χ0) is 28.9. The van der Waals surface area contributed by atoms with Crippen LogP contribution in [0.5, 0.6) is 0 Å². The van der Waals surface area contributed by atoms with Gasteiger partial charge in [-0.2, -0.15) is 15.3 Å². The number of Topliss-reactive ketones (excluding diaryl/α,β-unsaturated/α-hetero) is 1. The Morgan fingerprint density at radius 3 is 2.49 bits per heavy atom. The van der Waals surface area contributed by atoms with Crippen LogP contribution in [0.3, 0.4) is 0 Å². The fourth-order valence-corrected chi connectivity index (χ4v) is 5.85. The molecular formula is C33H37N5O3. The Labute approximate surface area is 240 Å². The Kier molecular flexibility index (Phi) is 8.75. The van der Waals surface area contributed by atoms with Crippen molar-refractivity contribution in [3.63, 3.8) is 0 Å². The summed E-state index contributed by atoms with van der Waals surface area (Å²) in [6.07, 6.45) is 5.78. The van der Waals surface area contributed by atoms with Crippen molar-refractivity contribution < 1.29 is 9.53 Å². The summed E-state index contributed by atoms with van der Waals surface area (Å²) in [5.74, 6) is 1.36. The first-order valence-corrected chi connectivity index (χ1v) is 14.6. The number of nitriles is 1. The van der Waals surface area contributed by atoms with Gasteiger partial charge < -0.3 is 4.74 Å². The number of ketones is 1. The van der Waals surface area contributed by atoms with Gasteiger partial charge in [-0.05, 0) is 61.8 Å². The van der Waals surface area contributed by atoms with E-state index in [0.29, 0.717) is 30.0 Å². The molecule has 1 saturated carbocycles. The van der Waals surface area contributed by atoms with E-state index >= 15 is 0 Å². The number of hydrogen-bond acceptors (Lipinski definition) is 6. The van der Waals surface area contributed by atoms with Crippen LogP contribution in [0.15, 0.2) is 53.3 Å². The summed E-state index contributed by atoms with van der Waals surface area (Å²) in [6, 6.07) is 18.0. The van der Waals surface area contributed by atoms with Gasteiger partial charge in [0.25, 0.3) is 5.56 Å². The Hall–Kier alpha value is -4.09. The highest BCUT2D eigenvalue weighted by Crippen LogP contribution is 2.31. The molecule has 5 rings (SSSR count). The topological polar surface area (TPSA) is 102 Å². The highest BCUT2D eigenvalue weighted by Gasteiger charge is 2.28. The highest BCUT2D eigenvalue weighted by molar-refractivity contribution is 5.79. The molecule has 0 bridgehead atoms. The molecule has 2 aromatic heterocycles. The number of benzene rings is 2. The van der Waals surface area contributed by atoms with Gasteiger partial charge in [0, 0.05) is 24.4 Å². The van der Waals surface area contributed by atoms with E-state index in [0.717, 1.165) is 66.5 Å². The maximum Gasteiger partial charge on any atom is 0.259 e. The molecule has 1 aliphatic carbocycles. The van der Waals surface area contributed by atoms with Crippen molar-refractivity contribution in [1.29, 1.82) is 5.26 Å². The van der Waals surface area contributed by atoms with Crippen molar-refractivity contribution in [3.05, 3.63) is 87.1 Å². The lowest BCUT2D eigenvalue weighted by molar-refractivity contribution is -0.126. The van der Waals surface area contributed by atoms with Gasteiger partial charge in [-0.1, -0.05) is 62.7 Å². The van der Waals surface area contributed by atoms with Crippen molar-refractivity contribution in [2.24, 2.45) is 0 Å². The molecule has 8 heteroatoms. The number of nitrogens with zero attached hydrogens (tertiary/aromatic N) is 5. The minimum atomic E-state index is -0.00499. The van der Waals surface area contributed by atoms with Crippen molar-refractivity contribution in [2.75, 3.05) is 6.61 Å². The average Bonchev–Trinajstić information content (AvgIpc) is 3.39. The number of carbonyl (C=O) groups is 1. The summed E-state index contributed by atoms with van der Waals surface area (Å²) in [7, 11) is 0. The zero-order valence-corrected chi connectivity index (χ0v) is 24.1. The first-order valence-electron chi connectivity index (χ1n) is 14.6. The molecule has 1 fully saturated rings. The first-order chi connectivity index (χ1) is 19.9. The summed E-state index contributed by atoms with van der Waals surface area (Å²) in [5, 5.41) is 14.2. The summed E-state index contributed by atoms with van der Waals surface area (Å²) < 4.78 is 9.61. The van der Waals surface area contributed by atoms with Gasteiger partial charge in [-0.25, -0.2) is 4.52 Å². The molecule has 0 radical (unpaired) electrons. The lowest BCUT2D eigenvalue weighted by Crippen LogP contribution is -2.35. The maximum atomic E-state index is 14.3. The highest BCUT2D eigenvalue weighted by atomic mass is 16.5. The van der Waals surface area contributed by atoms with Crippen molar-refractivity contribution in [2.45, 2.75) is 84.3 Å². The van der Waals surface area contributed by atoms with Crippen LogP contribution < -0.4 is 5.56 Å². The van der Waals surface area contributed by atoms with Crippen LogP contribution in [0.4, 0.5) is 0 Å². The number of rotatable bonds is 10. The van der Waals surface area contributed by atoms with Crippen molar-refractivity contribution in [1.82, 2.24) is 19.2 Å². The summed E-state index contributed by atoms with van der Waals surface area (Å²) in [5.41, 5.74) is 5.20. The van der Waals surface area contributed by atoms with Crippen molar-refractivity contribution >= 4 is 11.6 Å². The molecule has 0 amide bonds. The Bertz CT molecular complexity index is 1640. The molecule has 2 aromatic carbocycles. The molecule has 0 spiro atoms. The van der Waals surface area contributed by atoms with Gasteiger partial charge in [-0.15, -0.1) is 0 Å². The van der Waals surface area contributed by atoms with Gasteiger partial charge in [0.15, 0.2) is 5.78 Å². The number of ether oxygens (including phenoxy) is 1. The van der Waals surface area contributed by atoms with E-state index in [9.17, 15) is 14.9 Å². The van der Waals surface area contributed by atoms with E-state index < -0.39 is 0 Å². The van der Waals surface area contributed by atoms with E-state index in [-0.39, 0.29) is 30.1 Å². The molecule has 212 valence electrons. The third-order valence-corrected chi connectivity index (χ3v) is 8.06. The quantitative estimate of drug-likeness (QED) is 0.248. The Morgan fingerprint density at radius 1 is 1.07 bits per heavy atom. The van der Waals surface area contributed by atoms with Gasteiger partial charge in [0.2, 0.25) is 5.78 Å². The van der Waals surface area contributed by atoms with E-state index in [1.807, 2.05) is 71.5 Å². The van der Waals surface area contributed by atoms with Crippen LogP contribution in [0.2, 0.25) is 0 Å². The number of aryl methyl sites for hydroxylation is 2. The second kappa shape index (κ2) is 12.6. The van der Waals surface area contributed by atoms with Crippen LogP contribution in [0.1, 0.15) is 86.6 Å². The minimum Gasteiger partial charge on any atom is -0.370 e. The molecule has 0 N–H and O–H groups in total. The summed E-state index contributed by atoms with van der Waals surface area (Å²) in [4.78, 5) is 30.7. The number of carbonyl (C=O) groups excluding carboxylic acids is 1. The predicted molar refractivity (Wildman–Crippen MR) is 158 cm³/mol. The van der Waals surface area contributed by atoms with Crippen LogP contribution in [-0.4, -0.2) is 37.7 Å². The molecule has 41 heavy (non-hydrogen) atoms. The van der Waals surface area contributed by atoms with Gasteiger partial charge in [-0.3, -0.25) is 14.2 Å². The van der Waals surface area contributed by atoms with Gasteiger partial charge >= 0.3 is 0 Å². The maximum absolute atomic E-state index is 14.3. The Balaban J connectivity index is 1.48. The number of hydrogen-bond donors (Lipinski definition) is 0. The normalized spacial score (nSPS) is 17.0. The molecule has 0 unspecified atom stereocenters. The summed E-state index contributed by atoms with van der Waals surface area (Å²) in [6.45, 7) is 5.99. The molecule has 2 heterocycles. The summed E-state index contributed by atoms with van der Waals surface area (Å²) >= 11 is 0. The number of fused-ring (bicyclic) bond motifs is 1. The smallest absolute Gasteiger partial charge is 0.259 e. The molecule has 8 nitrogen and oxygen atoms in total.